The van der Waals surface area contributed by atoms with Gasteiger partial charge >= 0.3 is 0 Å². The van der Waals surface area contributed by atoms with Gasteiger partial charge in [0, 0.05) is 11.6 Å². The van der Waals surface area contributed by atoms with Gasteiger partial charge in [-0.25, -0.2) is 8.42 Å². The van der Waals surface area contributed by atoms with Crippen LogP contribution in [0.4, 0.5) is 0 Å². The molecule has 0 aliphatic rings. The molecule has 0 saturated carbocycles. The third-order valence-corrected chi connectivity index (χ3v) is 3.62. The predicted molar refractivity (Wildman–Crippen MR) is 66.6 cm³/mol. The van der Waals surface area contributed by atoms with Gasteiger partial charge in [0.15, 0.2) is 9.84 Å². The molecule has 0 saturated heterocycles. The first-order valence-electron chi connectivity index (χ1n) is 5.09. The molecule has 2 rings (SSSR count). The molecule has 0 bridgehead atoms. The van der Waals surface area contributed by atoms with E-state index in [1.807, 2.05) is 6.92 Å². The summed E-state index contributed by atoms with van der Waals surface area (Å²) in [7, 11) is -3.21. The summed E-state index contributed by atoms with van der Waals surface area (Å²) < 4.78 is 28.5. The van der Waals surface area contributed by atoms with Gasteiger partial charge in [-0.05, 0) is 32.0 Å². The minimum Gasteiger partial charge on any atom is -0.460 e. The molecule has 2 aromatic rings. The van der Waals surface area contributed by atoms with Gasteiger partial charge < -0.3 is 4.42 Å². The van der Waals surface area contributed by atoms with Crippen LogP contribution in [0, 0.1) is 18.8 Å². The third kappa shape index (κ3) is 2.06. The van der Waals surface area contributed by atoms with Crippen molar-refractivity contribution in [3.8, 4) is 11.8 Å². The second-order valence-electron chi connectivity index (χ2n) is 3.84. The van der Waals surface area contributed by atoms with Crippen LogP contribution in [0.3, 0.4) is 0 Å². The van der Waals surface area contributed by atoms with Gasteiger partial charge in [0.25, 0.3) is 0 Å². The van der Waals surface area contributed by atoms with E-state index < -0.39 is 9.84 Å². The highest BCUT2D eigenvalue weighted by atomic mass is 32.2. The molecule has 1 aromatic heterocycles. The van der Waals surface area contributed by atoms with Crippen molar-refractivity contribution >= 4 is 20.8 Å². The fourth-order valence-corrected chi connectivity index (χ4v) is 2.36. The average Bonchev–Trinajstić information content (AvgIpc) is 2.54. The van der Waals surface area contributed by atoms with Crippen LogP contribution in [0.25, 0.3) is 11.0 Å². The van der Waals surface area contributed by atoms with E-state index in [4.69, 9.17) is 4.42 Å². The van der Waals surface area contributed by atoms with Crippen molar-refractivity contribution in [2.45, 2.75) is 18.7 Å². The van der Waals surface area contributed by atoms with Gasteiger partial charge in [0.2, 0.25) is 0 Å². The molecule has 0 fully saturated rings. The van der Waals surface area contributed by atoms with Crippen LogP contribution in [0.1, 0.15) is 18.2 Å². The van der Waals surface area contributed by atoms with Gasteiger partial charge in [-0.15, -0.1) is 5.92 Å². The summed E-state index contributed by atoms with van der Waals surface area (Å²) in [5.41, 5.74) is 1.42. The van der Waals surface area contributed by atoms with Crippen molar-refractivity contribution in [3.63, 3.8) is 0 Å². The zero-order chi connectivity index (χ0) is 12.6. The SMILES string of the molecule is CC#Cc1c(C)oc2ccc(S(C)(=O)=O)cc12. The second kappa shape index (κ2) is 3.94. The Morgan fingerprint density at radius 1 is 1.29 bits per heavy atom. The van der Waals surface area contributed by atoms with Crippen LogP contribution in [-0.2, 0) is 9.84 Å². The van der Waals surface area contributed by atoms with Crippen molar-refractivity contribution in [1.29, 1.82) is 0 Å². The number of sulfone groups is 1. The smallest absolute Gasteiger partial charge is 0.175 e. The Balaban J connectivity index is 2.83. The molecule has 0 unspecified atom stereocenters. The topological polar surface area (TPSA) is 47.3 Å². The maximum atomic E-state index is 11.5. The van der Waals surface area contributed by atoms with Crippen LogP contribution in [0.2, 0.25) is 0 Å². The number of furan rings is 1. The number of hydrogen-bond acceptors (Lipinski definition) is 3. The quantitative estimate of drug-likeness (QED) is 0.728. The number of rotatable bonds is 1. The molecule has 1 aromatic carbocycles. The first kappa shape index (κ1) is 11.7. The molecule has 3 nitrogen and oxygen atoms in total. The molecule has 17 heavy (non-hydrogen) atoms. The maximum Gasteiger partial charge on any atom is 0.175 e. The van der Waals surface area contributed by atoms with E-state index in [1.165, 1.54) is 6.26 Å². The van der Waals surface area contributed by atoms with Gasteiger partial charge in [-0.3, -0.25) is 0 Å². The third-order valence-electron chi connectivity index (χ3n) is 2.51. The lowest BCUT2D eigenvalue weighted by Crippen LogP contribution is -1.96. The van der Waals surface area contributed by atoms with Crippen molar-refractivity contribution in [2.24, 2.45) is 0 Å². The van der Waals surface area contributed by atoms with Gasteiger partial charge in [0.05, 0.1) is 10.5 Å². The Bertz CT molecular complexity index is 740. The minimum atomic E-state index is -3.21. The van der Waals surface area contributed by atoms with E-state index in [1.54, 1.807) is 25.1 Å². The minimum absolute atomic E-state index is 0.282. The Hall–Kier alpha value is -1.73. The first-order chi connectivity index (χ1) is 7.93. The van der Waals surface area contributed by atoms with E-state index in [-0.39, 0.29) is 4.90 Å². The van der Waals surface area contributed by atoms with Crippen molar-refractivity contribution in [2.75, 3.05) is 6.26 Å². The normalized spacial score (nSPS) is 11.2. The molecule has 1 heterocycles. The Morgan fingerprint density at radius 2 is 2.00 bits per heavy atom. The molecule has 4 heteroatoms. The Kier molecular flexibility index (Phi) is 2.72. The summed E-state index contributed by atoms with van der Waals surface area (Å²) in [5, 5.41) is 0.750. The van der Waals surface area contributed by atoms with Gasteiger partial charge in [-0.2, -0.15) is 0 Å². The molecular formula is C13H12O3S. The Morgan fingerprint density at radius 3 is 2.59 bits per heavy atom. The van der Waals surface area contributed by atoms with Gasteiger partial charge in [-0.1, -0.05) is 5.92 Å². The molecule has 0 amide bonds. The highest BCUT2D eigenvalue weighted by Gasteiger charge is 2.13. The van der Waals surface area contributed by atoms with E-state index in [0.717, 1.165) is 10.9 Å². The van der Waals surface area contributed by atoms with Crippen LogP contribution in [0.5, 0.6) is 0 Å². The Labute approximate surface area is 100 Å². The molecule has 0 spiro atoms. The molecule has 0 N–H and O–H groups in total. The summed E-state index contributed by atoms with van der Waals surface area (Å²) >= 11 is 0. The fraction of sp³-hybridized carbons (Fsp3) is 0.231. The number of hydrogen-bond donors (Lipinski definition) is 0. The van der Waals surface area contributed by atoms with Crippen LogP contribution < -0.4 is 0 Å². The molecule has 88 valence electrons. The number of benzene rings is 1. The van der Waals surface area contributed by atoms with Gasteiger partial charge in [0.1, 0.15) is 11.3 Å². The summed E-state index contributed by atoms with van der Waals surface area (Å²) in [4.78, 5) is 0.282. The molecule has 0 aliphatic carbocycles. The highest BCUT2D eigenvalue weighted by molar-refractivity contribution is 7.90. The van der Waals surface area contributed by atoms with Crippen LogP contribution in [-0.4, -0.2) is 14.7 Å². The number of fused-ring (bicyclic) bond motifs is 1. The molecule has 0 aliphatic heterocycles. The molecular weight excluding hydrogens is 236 g/mol. The van der Waals surface area contributed by atoms with Crippen LogP contribution >= 0.6 is 0 Å². The zero-order valence-electron chi connectivity index (χ0n) is 9.87. The molecule has 0 atom stereocenters. The predicted octanol–water partition coefficient (Wildman–Crippen LogP) is 2.52. The monoisotopic (exact) mass is 248 g/mol. The zero-order valence-corrected chi connectivity index (χ0v) is 10.7. The van der Waals surface area contributed by atoms with E-state index in [0.29, 0.717) is 11.3 Å². The second-order valence-corrected chi connectivity index (χ2v) is 5.85. The largest absolute Gasteiger partial charge is 0.460 e. The lowest BCUT2D eigenvalue weighted by Gasteiger charge is -1.97. The van der Waals surface area contributed by atoms with Crippen molar-refractivity contribution in [1.82, 2.24) is 0 Å². The van der Waals surface area contributed by atoms with E-state index in [9.17, 15) is 8.42 Å². The van der Waals surface area contributed by atoms with E-state index in [2.05, 4.69) is 11.8 Å². The van der Waals surface area contributed by atoms with Crippen LogP contribution in [0.15, 0.2) is 27.5 Å². The fourth-order valence-electron chi connectivity index (χ4n) is 1.71. The lowest BCUT2D eigenvalue weighted by molar-refractivity contribution is 0.577. The average molecular weight is 248 g/mol. The molecule has 0 radical (unpaired) electrons. The summed E-state index contributed by atoms with van der Waals surface area (Å²) in [6.45, 7) is 3.55. The summed E-state index contributed by atoms with van der Waals surface area (Å²) in [6, 6.07) is 4.82. The summed E-state index contributed by atoms with van der Waals surface area (Å²) in [6.07, 6.45) is 1.19. The van der Waals surface area contributed by atoms with Crippen molar-refractivity contribution in [3.05, 3.63) is 29.5 Å². The van der Waals surface area contributed by atoms with E-state index >= 15 is 0 Å². The maximum absolute atomic E-state index is 11.5. The van der Waals surface area contributed by atoms with Crippen molar-refractivity contribution < 1.29 is 12.8 Å². The summed E-state index contributed by atoms with van der Waals surface area (Å²) in [5.74, 6) is 6.45. The standard InChI is InChI=1S/C13H12O3S/c1-4-5-11-9(2)16-13-7-6-10(8-12(11)13)17(3,14)15/h6-8H,1-3H3. The highest BCUT2D eigenvalue weighted by Crippen LogP contribution is 2.27. The first-order valence-corrected chi connectivity index (χ1v) is 6.98. The number of aryl methyl sites for hydroxylation is 1. The lowest BCUT2D eigenvalue weighted by atomic mass is 10.1.